The Morgan fingerprint density at radius 3 is 2.73 bits per heavy atom. The molecule has 6 heteroatoms. The van der Waals surface area contributed by atoms with Crippen molar-refractivity contribution in [3.8, 4) is 0 Å². The van der Waals surface area contributed by atoms with Crippen LogP contribution in [-0.4, -0.2) is 30.2 Å². The van der Waals surface area contributed by atoms with Gasteiger partial charge in [-0.25, -0.2) is 0 Å². The number of carboxylic acid groups (broad SMARTS) is 1. The lowest BCUT2D eigenvalue weighted by Crippen LogP contribution is -2.22. The lowest BCUT2D eigenvalue weighted by atomic mass is 10.2. The zero-order chi connectivity index (χ0) is 11.6. The van der Waals surface area contributed by atoms with Crippen LogP contribution in [0.3, 0.4) is 0 Å². The van der Waals surface area contributed by atoms with E-state index in [0.717, 1.165) is 0 Å². The average Bonchev–Trinajstić information content (AvgIpc) is 2.16. The maximum Gasteiger partial charge on any atom is 0.326 e. The number of nitrogens with two attached hydrogens (primary N) is 1. The number of carboxylic acids is 1. The van der Waals surface area contributed by atoms with Gasteiger partial charge in [0.1, 0.15) is 6.04 Å². The third-order valence-electron chi connectivity index (χ3n) is 1.92. The minimum absolute atomic E-state index is 0.288. The van der Waals surface area contributed by atoms with Crippen LogP contribution in [0.25, 0.3) is 0 Å². The quantitative estimate of drug-likeness (QED) is 0.805. The Kier molecular flexibility index (Phi) is 3.49. The predicted octanol–water partition coefficient (Wildman–Crippen LogP) is 0.885. The molecule has 1 aromatic rings. The van der Waals surface area contributed by atoms with Gasteiger partial charge in [-0.3, -0.25) is 9.78 Å². The second kappa shape index (κ2) is 4.46. The topological polar surface area (TPSA) is 79.5 Å². The van der Waals surface area contributed by atoms with Crippen molar-refractivity contribution in [3.05, 3.63) is 23.0 Å². The summed E-state index contributed by atoms with van der Waals surface area (Å²) < 4.78 is 0. The highest BCUT2D eigenvalue weighted by Gasteiger charge is 2.17. The standard InChI is InChI=1S/C9H12ClN3O2/c1-13(2)7-3-6(8(11)9(14)15)12-4-5(7)10/h3-4,8H,11H2,1-2H3,(H,14,15). The number of hydrogen-bond acceptors (Lipinski definition) is 4. The molecule has 0 spiro atoms. The maximum atomic E-state index is 10.7. The number of aromatic nitrogens is 1. The summed E-state index contributed by atoms with van der Waals surface area (Å²) in [5, 5.41) is 9.18. The van der Waals surface area contributed by atoms with Crippen molar-refractivity contribution >= 4 is 23.3 Å². The second-order valence-corrected chi connectivity index (χ2v) is 3.68. The van der Waals surface area contributed by atoms with E-state index in [-0.39, 0.29) is 5.69 Å². The molecule has 0 amide bonds. The van der Waals surface area contributed by atoms with Crippen LogP contribution in [-0.2, 0) is 4.79 Å². The lowest BCUT2D eigenvalue weighted by molar-refractivity contribution is -0.138. The van der Waals surface area contributed by atoms with E-state index in [4.69, 9.17) is 22.4 Å². The smallest absolute Gasteiger partial charge is 0.326 e. The summed E-state index contributed by atoms with van der Waals surface area (Å²) >= 11 is 5.88. The molecule has 0 saturated heterocycles. The van der Waals surface area contributed by atoms with Crippen LogP contribution >= 0.6 is 11.6 Å². The van der Waals surface area contributed by atoms with Gasteiger partial charge in [-0.15, -0.1) is 0 Å². The second-order valence-electron chi connectivity index (χ2n) is 3.27. The summed E-state index contributed by atoms with van der Waals surface area (Å²) in [6.45, 7) is 0. The summed E-state index contributed by atoms with van der Waals surface area (Å²) in [5.41, 5.74) is 6.41. The first-order valence-corrected chi connectivity index (χ1v) is 4.62. The molecule has 1 rings (SSSR count). The Hall–Kier alpha value is -1.33. The summed E-state index contributed by atoms with van der Waals surface area (Å²) in [4.78, 5) is 16.3. The summed E-state index contributed by atoms with van der Waals surface area (Å²) in [6, 6.07) is 0.446. The van der Waals surface area contributed by atoms with E-state index >= 15 is 0 Å². The molecule has 0 saturated carbocycles. The Morgan fingerprint density at radius 1 is 1.67 bits per heavy atom. The van der Waals surface area contributed by atoms with Crippen LogP contribution in [0.4, 0.5) is 5.69 Å². The molecular formula is C9H12ClN3O2. The first-order valence-electron chi connectivity index (χ1n) is 4.24. The zero-order valence-electron chi connectivity index (χ0n) is 8.44. The fraction of sp³-hybridized carbons (Fsp3) is 0.333. The molecule has 0 aromatic carbocycles. The number of carbonyl (C=O) groups is 1. The number of nitrogens with zero attached hydrogens (tertiary/aromatic N) is 2. The van der Waals surface area contributed by atoms with Crippen LogP contribution < -0.4 is 10.6 Å². The first-order chi connectivity index (χ1) is 6.93. The number of hydrogen-bond donors (Lipinski definition) is 2. The Bertz CT molecular complexity index is 382. The Morgan fingerprint density at radius 2 is 2.27 bits per heavy atom. The highest BCUT2D eigenvalue weighted by molar-refractivity contribution is 6.33. The van der Waals surface area contributed by atoms with Crippen LogP contribution in [0.1, 0.15) is 11.7 Å². The highest BCUT2D eigenvalue weighted by atomic mass is 35.5. The molecule has 1 heterocycles. The van der Waals surface area contributed by atoms with E-state index in [0.29, 0.717) is 10.7 Å². The summed E-state index contributed by atoms with van der Waals surface area (Å²) in [5.74, 6) is -1.12. The summed E-state index contributed by atoms with van der Waals surface area (Å²) in [7, 11) is 3.61. The van der Waals surface area contributed by atoms with Gasteiger partial charge in [-0.2, -0.15) is 0 Å². The number of pyridine rings is 1. The van der Waals surface area contributed by atoms with Crippen LogP contribution in [0.5, 0.6) is 0 Å². The van der Waals surface area contributed by atoms with Crippen molar-refractivity contribution in [3.63, 3.8) is 0 Å². The maximum absolute atomic E-state index is 10.7. The molecule has 0 aliphatic heterocycles. The molecular weight excluding hydrogens is 218 g/mol. The van der Waals surface area contributed by atoms with Crippen LogP contribution in [0.2, 0.25) is 5.02 Å². The Labute approximate surface area is 92.5 Å². The summed E-state index contributed by atoms with van der Waals surface area (Å²) in [6.07, 6.45) is 1.40. The molecule has 1 unspecified atom stereocenters. The highest BCUT2D eigenvalue weighted by Crippen LogP contribution is 2.25. The monoisotopic (exact) mass is 229 g/mol. The molecule has 1 atom stereocenters. The largest absolute Gasteiger partial charge is 0.480 e. The molecule has 0 fully saturated rings. The van der Waals surface area contributed by atoms with E-state index < -0.39 is 12.0 Å². The van der Waals surface area contributed by atoms with Crippen molar-refractivity contribution in [1.82, 2.24) is 4.98 Å². The van der Waals surface area contributed by atoms with Crippen molar-refractivity contribution in [2.75, 3.05) is 19.0 Å². The van der Waals surface area contributed by atoms with Gasteiger partial charge < -0.3 is 15.7 Å². The third-order valence-corrected chi connectivity index (χ3v) is 2.21. The predicted molar refractivity (Wildman–Crippen MR) is 58.1 cm³/mol. The van der Waals surface area contributed by atoms with Gasteiger partial charge in [0.2, 0.25) is 0 Å². The molecule has 5 nitrogen and oxygen atoms in total. The van der Waals surface area contributed by atoms with Gasteiger partial charge in [0.25, 0.3) is 0 Å². The Balaban J connectivity index is 3.13. The fourth-order valence-corrected chi connectivity index (χ4v) is 1.36. The molecule has 0 aliphatic rings. The number of halogens is 1. The molecule has 1 aromatic heterocycles. The van der Waals surface area contributed by atoms with E-state index in [1.165, 1.54) is 6.20 Å². The normalized spacial score (nSPS) is 12.3. The van der Waals surface area contributed by atoms with Gasteiger partial charge in [0.05, 0.1) is 16.4 Å². The minimum Gasteiger partial charge on any atom is -0.480 e. The van der Waals surface area contributed by atoms with Gasteiger partial charge in [-0.05, 0) is 6.07 Å². The van der Waals surface area contributed by atoms with E-state index in [1.54, 1.807) is 25.1 Å². The molecule has 0 aliphatic carbocycles. The van der Waals surface area contributed by atoms with Crippen molar-refractivity contribution in [2.45, 2.75) is 6.04 Å². The van der Waals surface area contributed by atoms with Crippen molar-refractivity contribution < 1.29 is 9.90 Å². The lowest BCUT2D eigenvalue weighted by Gasteiger charge is -2.16. The number of rotatable bonds is 3. The van der Waals surface area contributed by atoms with E-state index in [2.05, 4.69) is 4.98 Å². The molecule has 0 radical (unpaired) electrons. The zero-order valence-corrected chi connectivity index (χ0v) is 9.19. The molecule has 0 bridgehead atoms. The van der Waals surface area contributed by atoms with Crippen LogP contribution in [0.15, 0.2) is 12.3 Å². The molecule has 15 heavy (non-hydrogen) atoms. The van der Waals surface area contributed by atoms with Gasteiger partial charge in [-0.1, -0.05) is 11.6 Å². The van der Waals surface area contributed by atoms with Gasteiger partial charge >= 0.3 is 5.97 Å². The number of anilines is 1. The van der Waals surface area contributed by atoms with E-state index in [1.807, 2.05) is 0 Å². The number of aliphatic carboxylic acids is 1. The van der Waals surface area contributed by atoms with Gasteiger partial charge in [0, 0.05) is 20.3 Å². The van der Waals surface area contributed by atoms with Crippen molar-refractivity contribution in [1.29, 1.82) is 0 Å². The van der Waals surface area contributed by atoms with Crippen LogP contribution in [0, 0.1) is 0 Å². The van der Waals surface area contributed by atoms with E-state index in [9.17, 15) is 4.79 Å². The average molecular weight is 230 g/mol. The molecule has 3 N–H and O–H groups in total. The van der Waals surface area contributed by atoms with Crippen molar-refractivity contribution in [2.24, 2.45) is 5.73 Å². The molecule has 82 valence electrons. The van der Waals surface area contributed by atoms with Gasteiger partial charge in [0.15, 0.2) is 0 Å². The fourth-order valence-electron chi connectivity index (χ4n) is 1.08. The third kappa shape index (κ3) is 2.57. The SMILES string of the molecule is CN(C)c1cc(C(N)C(=O)O)ncc1Cl. The minimum atomic E-state index is -1.12. The first kappa shape index (κ1) is 11.7.